The van der Waals surface area contributed by atoms with Gasteiger partial charge in [-0.15, -0.1) is 0 Å². The van der Waals surface area contributed by atoms with E-state index in [4.69, 9.17) is 9.47 Å². The number of nitrogens with zero attached hydrogens (tertiary/aromatic N) is 5. The fourth-order valence-corrected chi connectivity index (χ4v) is 8.38. The number of fused-ring (bicyclic) bond motifs is 1. The maximum absolute atomic E-state index is 16.2. The molecule has 2 heterocycles. The molecule has 0 bridgehead atoms. The molecule has 9 nitrogen and oxygen atoms in total. The molecule has 1 aliphatic carbocycles. The molecule has 1 unspecified atom stereocenters. The fraction of sp³-hybridized carbons (Fsp3) is 0.333. The van der Waals surface area contributed by atoms with Crippen molar-refractivity contribution in [1.82, 2.24) is 19.4 Å². The molecular formula is C36H37F4N5O4S. The number of benzene rings is 3. The van der Waals surface area contributed by atoms with Crippen molar-refractivity contribution in [3.8, 4) is 11.5 Å². The van der Waals surface area contributed by atoms with E-state index in [1.165, 1.54) is 57.1 Å². The summed E-state index contributed by atoms with van der Waals surface area (Å²) in [5.74, 6) is -0.0829. The van der Waals surface area contributed by atoms with Crippen LogP contribution in [0.25, 0.3) is 10.9 Å². The van der Waals surface area contributed by atoms with Gasteiger partial charge in [0.25, 0.3) is 10.0 Å². The van der Waals surface area contributed by atoms with Crippen molar-refractivity contribution in [2.45, 2.75) is 54.9 Å². The summed E-state index contributed by atoms with van der Waals surface area (Å²) >= 11 is 0. The molecule has 1 saturated carbocycles. The van der Waals surface area contributed by atoms with Crippen molar-refractivity contribution in [3.63, 3.8) is 0 Å². The highest BCUT2D eigenvalue weighted by molar-refractivity contribution is 7.92. The molecule has 0 N–H and O–H groups in total. The van der Waals surface area contributed by atoms with Crippen LogP contribution in [-0.2, 0) is 22.7 Å². The van der Waals surface area contributed by atoms with Crippen LogP contribution in [0.3, 0.4) is 0 Å². The Morgan fingerprint density at radius 3 is 2.46 bits per heavy atom. The summed E-state index contributed by atoms with van der Waals surface area (Å²) in [6, 6.07) is 16.0. The van der Waals surface area contributed by atoms with Crippen LogP contribution >= 0.6 is 0 Å². The van der Waals surface area contributed by atoms with Gasteiger partial charge in [0.1, 0.15) is 34.4 Å². The molecule has 0 amide bonds. The van der Waals surface area contributed by atoms with E-state index in [0.29, 0.717) is 52.8 Å². The molecule has 1 fully saturated rings. The van der Waals surface area contributed by atoms with Gasteiger partial charge in [0, 0.05) is 47.6 Å². The lowest BCUT2D eigenvalue weighted by molar-refractivity contribution is -0.137. The lowest BCUT2D eigenvalue weighted by Crippen LogP contribution is -2.40. The third-order valence-electron chi connectivity index (χ3n) is 9.46. The van der Waals surface area contributed by atoms with Gasteiger partial charge in [0.2, 0.25) is 0 Å². The average molecular weight is 712 g/mol. The molecule has 0 spiro atoms. The normalized spacial score (nSPS) is 18.4. The van der Waals surface area contributed by atoms with Crippen molar-refractivity contribution >= 4 is 26.7 Å². The van der Waals surface area contributed by atoms with Crippen molar-refractivity contribution in [3.05, 3.63) is 108 Å². The third kappa shape index (κ3) is 6.86. The number of aromatic nitrogens is 3. The molecule has 2 aromatic heterocycles. The number of rotatable bonds is 10. The van der Waals surface area contributed by atoms with Crippen LogP contribution in [-0.4, -0.2) is 62.2 Å². The monoisotopic (exact) mass is 711 g/mol. The zero-order valence-electron chi connectivity index (χ0n) is 27.9. The quantitative estimate of drug-likeness (QED) is 0.139. The highest BCUT2D eigenvalue weighted by atomic mass is 32.2. The molecule has 50 heavy (non-hydrogen) atoms. The van der Waals surface area contributed by atoms with Crippen LogP contribution in [0, 0.1) is 5.82 Å². The van der Waals surface area contributed by atoms with Gasteiger partial charge in [-0.2, -0.15) is 13.2 Å². The minimum absolute atomic E-state index is 0.0429. The number of methoxy groups -OCH3 is 2. The van der Waals surface area contributed by atoms with Gasteiger partial charge < -0.3 is 18.9 Å². The number of hydrogen-bond acceptors (Lipinski definition) is 7. The van der Waals surface area contributed by atoms with Crippen LogP contribution in [0.15, 0.2) is 90.3 Å². The van der Waals surface area contributed by atoms with E-state index >= 15 is 4.39 Å². The number of likely N-dealkylation sites (N-methyl/N-ethyl adjacent to an activating group) is 1. The van der Waals surface area contributed by atoms with Crippen molar-refractivity contribution in [2.75, 3.05) is 32.6 Å². The lowest BCUT2D eigenvalue weighted by Gasteiger charge is -2.41. The first-order chi connectivity index (χ1) is 23.8. The Hall–Kier alpha value is -4.69. The number of ether oxygens (including phenoxy) is 2. The second kappa shape index (κ2) is 13.9. The Morgan fingerprint density at radius 1 is 0.980 bits per heavy atom. The van der Waals surface area contributed by atoms with E-state index in [-0.39, 0.29) is 30.4 Å². The molecule has 0 saturated heterocycles. The number of hydrogen-bond donors (Lipinski definition) is 0. The van der Waals surface area contributed by atoms with Gasteiger partial charge >= 0.3 is 6.18 Å². The topological polar surface area (TPSA) is 89.8 Å². The Kier molecular flexibility index (Phi) is 9.78. The first-order valence-corrected chi connectivity index (χ1v) is 17.4. The standard InChI is InChI=1S/C36H37F4N5O4S/c1-43(2)32-17-24(23-6-5-7-27(16-23)36(38,39)40)9-11-30(32)44-15-13-25-18-34(29(37)20-31(25)44)50(46,47)45(35-12-14-41-22-42-35)21-26-8-10-28(48-3)19-33(26)49-4/h5-8,10,12-16,18-20,22,24,30,32H,9,11,17,21H2,1-4H3/t24-,30?,32-/m0/s1. The summed E-state index contributed by atoms with van der Waals surface area (Å²) in [5, 5.41) is 0.521. The maximum Gasteiger partial charge on any atom is 0.416 e. The number of alkyl halides is 3. The molecule has 3 atom stereocenters. The molecular weight excluding hydrogens is 674 g/mol. The van der Waals surface area contributed by atoms with E-state index in [2.05, 4.69) is 9.97 Å². The third-order valence-corrected chi connectivity index (χ3v) is 11.2. The summed E-state index contributed by atoms with van der Waals surface area (Å²) in [6.45, 7) is -0.218. The van der Waals surface area contributed by atoms with Crippen LogP contribution < -0.4 is 13.8 Å². The zero-order valence-corrected chi connectivity index (χ0v) is 28.7. The number of anilines is 1. The predicted molar refractivity (Wildman–Crippen MR) is 181 cm³/mol. The van der Waals surface area contributed by atoms with E-state index in [1.807, 2.05) is 29.8 Å². The van der Waals surface area contributed by atoms with Crippen molar-refractivity contribution in [2.24, 2.45) is 0 Å². The van der Waals surface area contributed by atoms with Gasteiger partial charge in [-0.25, -0.2) is 27.1 Å². The zero-order chi connectivity index (χ0) is 35.8. The first-order valence-electron chi connectivity index (χ1n) is 15.9. The van der Waals surface area contributed by atoms with E-state index < -0.39 is 32.5 Å². The number of halogens is 4. The minimum Gasteiger partial charge on any atom is -0.497 e. The molecule has 264 valence electrons. The maximum atomic E-state index is 16.2. The molecule has 14 heteroatoms. The first kappa shape index (κ1) is 35.1. The Bertz CT molecular complexity index is 2090. The van der Waals surface area contributed by atoms with E-state index in [0.717, 1.165) is 10.4 Å². The Balaban J connectivity index is 1.34. The van der Waals surface area contributed by atoms with Gasteiger partial charge in [0.15, 0.2) is 0 Å². The summed E-state index contributed by atoms with van der Waals surface area (Å²) < 4.78 is 98.9. The van der Waals surface area contributed by atoms with Crippen LogP contribution in [0.5, 0.6) is 11.5 Å². The molecule has 0 radical (unpaired) electrons. The van der Waals surface area contributed by atoms with Gasteiger partial charge in [-0.1, -0.05) is 18.2 Å². The van der Waals surface area contributed by atoms with Crippen molar-refractivity contribution < 1.29 is 35.5 Å². The van der Waals surface area contributed by atoms with Gasteiger partial charge in [0.05, 0.1) is 31.8 Å². The smallest absolute Gasteiger partial charge is 0.416 e. The fourth-order valence-electron chi connectivity index (χ4n) is 6.90. The summed E-state index contributed by atoms with van der Waals surface area (Å²) in [7, 11) is 2.28. The van der Waals surface area contributed by atoms with Crippen molar-refractivity contribution in [1.29, 1.82) is 0 Å². The molecule has 1 aliphatic rings. The van der Waals surface area contributed by atoms with E-state index in [9.17, 15) is 21.6 Å². The van der Waals surface area contributed by atoms with Gasteiger partial charge in [-0.3, -0.25) is 0 Å². The largest absolute Gasteiger partial charge is 0.497 e. The van der Waals surface area contributed by atoms with Crippen LogP contribution in [0.1, 0.15) is 47.9 Å². The second-order valence-corrected chi connectivity index (χ2v) is 14.4. The average Bonchev–Trinajstić information content (AvgIpc) is 3.52. The lowest BCUT2D eigenvalue weighted by atomic mass is 9.77. The highest BCUT2D eigenvalue weighted by Crippen LogP contribution is 2.43. The highest BCUT2D eigenvalue weighted by Gasteiger charge is 2.37. The predicted octanol–water partition coefficient (Wildman–Crippen LogP) is 7.44. The Labute approximate surface area is 288 Å². The summed E-state index contributed by atoms with van der Waals surface area (Å²) in [4.78, 5) is 9.59. The molecule has 6 rings (SSSR count). The molecule has 5 aromatic rings. The minimum atomic E-state index is -4.52. The van der Waals surface area contributed by atoms with Crippen LogP contribution in [0.4, 0.5) is 23.4 Å². The summed E-state index contributed by atoms with van der Waals surface area (Å²) in [6.07, 6.45) is 1.86. The van der Waals surface area contributed by atoms with E-state index in [1.54, 1.807) is 30.3 Å². The second-order valence-electron chi connectivity index (χ2n) is 12.6. The number of sulfonamides is 1. The Morgan fingerprint density at radius 2 is 1.78 bits per heavy atom. The summed E-state index contributed by atoms with van der Waals surface area (Å²) in [5.41, 5.74) is 0.987. The van der Waals surface area contributed by atoms with Gasteiger partial charge in [-0.05, 0) is 81.2 Å². The molecule has 3 aromatic carbocycles. The van der Waals surface area contributed by atoms with Crippen LogP contribution in [0.2, 0.25) is 0 Å². The SMILES string of the molecule is COc1ccc(CN(c2ccncn2)S(=O)(=O)c2cc3ccn(C4CC[C@H](c5cccc(C(F)(F)F)c5)C[C@@H]4N(C)C)c3cc2F)c(OC)c1. The molecule has 0 aliphatic heterocycles.